The van der Waals surface area contributed by atoms with Gasteiger partial charge in [0.2, 0.25) is 0 Å². The summed E-state index contributed by atoms with van der Waals surface area (Å²) in [7, 11) is 0. The Labute approximate surface area is 182 Å². The van der Waals surface area contributed by atoms with E-state index in [1.165, 1.54) is 10.6 Å². The minimum atomic E-state index is -0.249. The lowest BCUT2D eigenvalue weighted by Crippen LogP contribution is -2.57. The van der Waals surface area contributed by atoms with Gasteiger partial charge in [-0.05, 0) is 63.0 Å². The summed E-state index contributed by atoms with van der Waals surface area (Å²) in [5.74, 6) is 3.46. The Bertz CT molecular complexity index is 1110. The second kappa shape index (κ2) is 9.15. The number of terminal acetylenes is 1. The number of hydrogen-bond acceptors (Lipinski definition) is 4. The summed E-state index contributed by atoms with van der Waals surface area (Å²) < 4.78 is 1.39. The van der Waals surface area contributed by atoms with Crippen molar-refractivity contribution in [3.8, 4) is 18.2 Å². The van der Waals surface area contributed by atoms with Gasteiger partial charge in [0.05, 0.1) is 5.56 Å². The molecule has 1 amide bonds. The van der Waals surface area contributed by atoms with Crippen LogP contribution in [0.25, 0.3) is 11.4 Å². The topological polar surface area (TPSA) is 67.2 Å². The fourth-order valence-electron chi connectivity index (χ4n) is 4.29. The number of piperidine rings is 3. The zero-order chi connectivity index (χ0) is 21.8. The highest BCUT2D eigenvalue weighted by atomic mass is 16.2. The number of rotatable bonds is 5. The number of nitrogens with one attached hydrogen (secondary N) is 1. The van der Waals surface area contributed by atoms with Crippen LogP contribution >= 0.6 is 0 Å². The monoisotopic (exact) mass is 414 g/mol. The first-order valence-corrected chi connectivity index (χ1v) is 10.6. The predicted octanol–water partition coefficient (Wildman–Crippen LogP) is 2.65. The molecule has 158 valence electrons. The zero-order valence-electron chi connectivity index (χ0n) is 17.6. The molecule has 3 fully saturated rings. The first-order valence-electron chi connectivity index (χ1n) is 10.6. The highest BCUT2D eigenvalue weighted by molar-refractivity contribution is 5.94. The van der Waals surface area contributed by atoms with E-state index in [1.807, 2.05) is 31.2 Å². The molecule has 3 aliphatic rings. The van der Waals surface area contributed by atoms with Gasteiger partial charge in [-0.2, -0.15) is 0 Å². The summed E-state index contributed by atoms with van der Waals surface area (Å²) in [4.78, 5) is 32.1. The summed E-state index contributed by atoms with van der Waals surface area (Å²) in [6, 6.07) is 6.69. The minimum absolute atomic E-state index is 0.159. The van der Waals surface area contributed by atoms with Crippen LogP contribution in [-0.4, -0.2) is 46.0 Å². The molecule has 0 aromatic carbocycles. The van der Waals surface area contributed by atoms with Gasteiger partial charge < -0.3 is 10.2 Å². The van der Waals surface area contributed by atoms with Gasteiger partial charge in [-0.3, -0.25) is 14.2 Å². The molecule has 5 rings (SSSR count). The summed E-state index contributed by atoms with van der Waals surface area (Å²) in [5.41, 5.74) is 1.68. The first kappa shape index (κ1) is 20.8. The Morgan fingerprint density at radius 1 is 1.23 bits per heavy atom. The third kappa shape index (κ3) is 4.52. The van der Waals surface area contributed by atoms with E-state index in [1.54, 1.807) is 24.5 Å². The molecular formula is C25H26N4O2. The molecule has 2 bridgehead atoms. The molecule has 5 heterocycles. The van der Waals surface area contributed by atoms with Crippen LogP contribution in [0.1, 0.15) is 35.7 Å². The molecule has 0 spiro atoms. The van der Waals surface area contributed by atoms with E-state index in [9.17, 15) is 9.59 Å². The number of fused-ring (bicyclic) bond motifs is 3. The van der Waals surface area contributed by atoms with E-state index in [2.05, 4.69) is 21.1 Å². The molecule has 0 saturated carbocycles. The van der Waals surface area contributed by atoms with Crippen LogP contribution < -0.4 is 10.9 Å². The summed E-state index contributed by atoms with van der Waals surface area (Å²) >= 11 is 0. The quantitative estimate of drug-likeness (QED) is 0.603. The van der Waals surface area contributed by atoms with E-state index in [4.69, 9.17) is 6.42 Å². The molecule has 3 aliphatic heterocycles. The molecule has 1 atom stereocenters. The van der Waals surface area contributed by atoms with Crippen molar-refractivity contribution in [2.75, 3.05) is 19.6 Å². The van der Waals surface area contributed by atoms with Gasteiger partial charge in [-0.1, -0.05) is 18.1 Å². The number of allylic oxidation sites excluding steroid dienone is 4. The van der Waals surface area contributed by atoms with E-state index in [0.29, 0.717) is 22.9 Å². The number of nitrogens with zero attached hydrogens (tertiary/aromatic N) is 3. The largest absolute Gasteiger partial charge is 0.348 e. The van der Waals surface area contributed by atoms with Crippen LogP contribution in [-0.2, 0) is 0 Å². The molecule has 6 nitrogen and oxygen atoms in total. The van der Waals surface area contributed by atoms with E-state index in [-0.39, 0.29) is 17.5 Å². The first-order chi connectivity index (χ1) is 15.1. The van der Waals surface area contributed by atoms with Crippen molar-refractivity contribution in [2.24, 2.45) is 5.92 Å². The van der Waals surface area contributed by atoms with Gasteiger partial charge >= 0.3 is 0 Å². The Kier molecular flexibility index (Phi) is 6.15. The minimum Gasteiger partial charge on any atom is -0.348 e. The smallest absolute Gasteiger partial charge is 0.256 e. The van der Waals surface area contributed by atoms with Crippen LogP contribution in [0.5, 0.6) is 0 Å². The maximum absolute atomic E-state index is 12.9. The van der Waals surface area contributed by atoms with Gasteiger partial charge in [-0.25, -0.2) is 4.98 Å². The van der Waals surface area contributed by atoms with E-state index in [0.717, 1.165) is 38.0 Å². The SMILES string of the molecule is C#C/C(=C\C=C/C)c1ccc(-n2cc(C(=O)NC3CN4CCC3CC4)ccc2=O)nc1. The zero-order valence-corrected chi connectivity index (χ0v) is 17.6. The van der Waals surface area contributed by atoms with Gasteiger partial charge in [0.1, 0.15) is 5.82 Å². The molecule has 3 saturated heterocycles. The fraction of sp³-hybridized carbons (Fsp3) is 0.320. The van der Waals surface area contributed by atoms with Crippen molar-refractivity contribution in [1.82, 2.24) is 19.8 Å². The maximum atomic E-state index is 12.9. The molecule has 1 unspecified atom stereocenters. The molecular weight excluding hydrogens is 388 g/mol. The van der Waals surface area contributed by atoms with Crippen LogP contribution in [0.2, 0.25) is 0 Å². The highest BCUT2D eigenvalue weighted by Crippen LogP contribution is 2.27. The van der Waals surface area contributed by atoms with Crippen molar-refractivity contribution in [1.29, 1.82) is 0 Å². The third-order valence-corrected chi connectivity index (χ3v) is 6.06. The molecule has 2 aromatic heterocycles. The lowest BCUT2D eigenvalue weighted by Gasteiger charge is -2.44. The van der Waals surface area contributed by atoms with Gasteiger partial charge in [0.15, 0.2) is 0 Å². The third-order valence-electron chi connectivity index (χ3n) is 6.06. The summed E-state index contributed by atoms with van der Waals surface area (Å²) in [6.07, 6.45) is 16.6. The highest BCUT2D eigenvalue weighted by Gasteiger charge is 2.35. The lowest BCUT2D eigenvalue weighted by atomic mass is 9.84. The van der Waals surface area contributed by atoms with Crippen molar-refractivity contribution in [3.63, 3.8) is 0 Å². The van der Waals surface area contributed by atoms with Crippen molar-refractivity contribution >= 4 is 11.5 Å². The van der Waals surface area contributed by atoms with Crippen molar-refractivity contribution < 1.29 is 4.79 Å². The predicted molar refractivity (Wildman–Crippen MR) is 122 cm³/mol. The van der Waals surface area contributed by atoms with Crippen LogP contribution in [0.4, 0.5) is 0 Å². The second-order valence-corrected chi connectivity index (χ2v) is 8.00. The molecule has 0 radical (unpaired) electrons. The Morgan fingerprint density at radius 3 is 2.61 bits per heavy atom. The second-order valence-electron chi connectivity index (χ2n) is 8.00. The normalized spacial score (nSPS) is 23.0. The van der Waals surface area contributed by atoms with Crippen LogP contribution in [0.15, 0.2) is 59.7 Å². The molecule has 6 heteroatoms. The number of carbonyl (C=O) groups excluding carboxylic acids is 1. The number of aromatic nitrogens is 2. The van der Waals surface area contributed by atoms with Gasteiger partial charge in [0.25, 0.3) is 11.5 Å². The number of pyridine rings is 2. The standard InChI is InChI=1S/C25H26N4O2/c1-3-5-6-18(4-2)20-7-9-23(26-15-20)29-16-21(8-10-24(29)30)25(31)27-22-17-28-13-11-19(22)12-14-28/h2-3,5-10,15-16,19,22H,11-14,17H2,1H3,(H,27,31)/b5-3-,18-6+. The Hall–Kier alpha value is -3.43. The van der Waals surface area contributed by atoms with Crippen molar-refractivity contribution in [2.45, 2.75) is 25.8 Å². The van der Waals surface area contributed by atoms with Crippen molar-refractivity contribution in [3.05, 3.63) is 76.4 Å². The molecule has 0 aliphatic carbocycles. The average Bonchev–Trinajstić information content (AvgIpc) is 2.81. The average molecular weight is 415 g/mol. The Morgan fingerprint density at radius 2 is 2.00 bits per heavy atom. The summed E-state index contributed by atoms with van der Waals surface area (Å²) in [5, 5.41) is 3.16. The van der Waals surface area contributed by atoms with Crippen LogP contribution in [0.3, 0.4) is 0 Å². The number of hydrogen-bond donors (Lipinski definition) is 1. The molecule has 1 N–H and O–H groups in total. The van der Waals surface area contributed by atoms with E-state index < -0.39 is 0 Å². The lowest BCUT2D eigenvalue weighted by molar-refractivity contribution is 0.0620. The van der Waals surface area contributed by atoms with Gasteiger partial charge in [-0.15, -0.1) is 6.42 Å². The van der Waals surface area contributed by atoms with Gasteiger partial charge in [0, 0.05) is 42.2 Å². The molecule has 2 aromatic rings. The number of carbonyl (C=O) groups is 1. The van der Waals surface area contributed by atoms with Crippen LogP contribution in [0, 0.1) is 18.3 Å². The maximum Gasteiger partial charge on any atom is 0.256 e. The van der Waals surface area contributed by atoms with E-state index >= 15 is 0 Å². The molecule has 31 heavy (non-hydrogen) atoms. The number of amides is 1. The Balaban J connectivity index is 1.54. The fourth-order valence-corrected chi connectivity index (χ4v) is 4.29. The summed E-state index contributed by atoms with van der Waals surface area (Å²) in [6.45, 7) is 5.05.